The van der Waals surface area contributed by atoms with Crippen LogP contribution < -0.4 is 15.6 Å². The third-order valence-electron chi connectivity index (χ3n) is 3.27. The summed E-state index contributed by atoms with van der Waals surface area (Å²) >= 11 is 0. The average Bonchev–Trinajstić information content (AvgIpc) is 2.58. The maximum absolute atomic E-state index is 12.1. The summed E-state index contributed by atoms with van der Waals surface area (Å²) in [5.74, 6) is -0.135. The van der Waals surface area contributed by atoms with E-state index in [-0.39, 0.29) is 5.91 Å². The summed E-state index contributed by atoms with van der Waals surface area (Å²) in [6, 6.07) is 16.1. The van der Waals surface area contributed by atoms with Gasteiger partial charge in [-0.25, -0.2) is 0 Å². The molecule has 0 bridgehead atoms. The Bertz CT molecular complexity index is 671. The topological polar surface area (TPSA) is 67.4 Å². The van der Waals surface area contributed by atoms with Crippen LogP contribution in [0.5, 0.6) is 5.75 Å². The van der Waals surface area contributed by atoms with E-state index in [9.17, 15) is 9.59 Å². The fraction of sp³-hybridized carbons (Fsp3) is 0.222. The molecule has 0 heterocycles. The van der Waals surface area contributed by atoms with Gasteiger partial charge in [-0.1, -0.05) is 37.3 Å². The van der Waals surface area contributed by atoms with Gasteiger partial charge in [0.1, 0.15) is 5.75 Å². The first kappa shape index (κ1) is 16.5. The molecule has 0 fully saturated rings. The van der Waals surface area contributed by atoms with Gasteiger partial charge in [0.25, 0.3) is 11.8 Å². The third-order valence-corrected chi connectivity index (χ3v) is 3.27. The van der Waals surface area contributed by atoms with Crippen LogP contribution >= 0.6 is 0 Å². The molecule has 0 aliphatic heterocycles. The van der Waals surface area contributed by atoms with Crippen molar-refractivity contribution in [1.29, 1.82) is 0 Å². The fourth-order valence-electron chi connectivity index (χ4n) is 2.04. The molecular weight excluding hydrogens is 292 g/mol. The molecule has 0 saturated heterocycles. The molecule has 2 rings (SSSR count). The van der Waals surface area contributed by atoms with Crippen LogP contribution in [0.15, 0.2) is 54.6 Å². The van der Waals surface area contributed by atoms with Crippen molar-refractivity contribution in [3.05, 3.63) is 65.7 Å². The zero-order valence-corrected chi connectivity index (χ0v) is 13.2. The molecule has 5 nitrogen and oxygen atoms in total. The van der Waals surface area contributed by atoms with Crippen molar-refractivity contribution in [2.24, 2.45) is 0 Å². The Balaban J connectivity index is 1.91. The van der Waals surface area contributed by atoms with Gasteiger partial charge in [0.15, 0.2) is 6.10 Å². The number of hydrogen-bond donors (Lipinski definition) is 2. The Morgan fingerprint density at radius 2 is 1.78 bits per heavy atom. The number of hydrogen-bond acceptors (Lipinski definition) is 3. The molecule has 0 saturated carbocycles. The van der Waals surface area contributed by atoms with Crippen molar-refractivity contribution >= 4 is 11.8 Å². The maximum atomic E-state index is 12.1. The highest BCUT2D eigenvalue weighted by Crippen LogP contribution is 2.15. The summed E-state index contributed by atoms with van der Waals surface area (Å²) in [6.07, 6.45) is -0.186. The second kappa shape index (κ2) is 7.98. The fourth-order valence-corrected chi connectivity index (χ4v) is 2.04. The van der Waals surface area contributed by atoms with Gasteiger partial charge >= 0.3 is 0 Å². The van der Waals surface area contributed by atoms with Gasteiger partial charge in [0, 0.05) is 5.56 Å². The lowest BCUT2D eigenvalue weighted by molar-refractivity contribution is -0.128. The molecule has 1 atom stereocenters. The first-order chi connectivity index (χ1) is 11.1. The van der Waals surface area contributed by atoms with Crippen LogP contribution in [0, 0.1) is 6.92 Å². The number of aryl methyl sites for hydroxylation is 1. The van der Waals surface area contributed by atoms with Crippen molar-refractivity contribution in [2.45, 2.75) is 26.4 Å². The molecular formula is C18H20N2O3. The number of rotatable bonds is 5. The van der Waals surface area contributed by atoms with Gasteiger partial charge in [0.05, 0.1) is 0 Å². The van der Waals surface area contributed by atoms with Crippen LogP contribution in [-0.2, 0) is 4.79 Å². The smallest absolute Gasteiger partial charge is 0.279 e. The second-order valence-electron chi connectivity index (χ2n) is 5.14. The van der Waals surface area contributed by atoms with E-state index >= 15 is 0 Å². The quantitative estimate of drug-likeness (QED) is 0.834. The Kier molecular flexibility index (Phi) is 5.74. The lowest BCUT2D eigenvalue weighted by atomic mass is 10.2. The van der Waals surface area contributed by atoms with Crippen LogP contribution in [0.2, 0.25) is 0 Å². The van der Waals surface area contributed by atoms with Crippen LogP contribution in [0.1, 0.15) is 29.3 Å². The van der Waals surface area contributed by atoms with Crippen molar-refractivity contribution in [3.63, 3.8) is 0 Å². The van der Waals surface area contributed by atoms with Gasteiger partial charge in [-0.3, -0.25) is 20.4 Å². The Morgan fingerprint density at radius 3 is 2.43 bits per heavy atom. The number of ether oxygens (including phenoxy) is 1. The zero-order valence-electron chi connectivity index (χ0n) is 13.2. The molecule has 1 unspecified atom stereocenters. The Labute approximate surface area is 135 Å². The Morgan fingerprint density at radius 1 is 1.04 bits per heavy atom. The van der Waals surface area contributed by atoms with Crippen molar-refractivity contribution in [2.75, 3.05) is 0 Å². The molecule has 0 aliphatic carbocycles. The molecule has 2 amide bonds. The molecule has 0 radical (unpaired) electrons. The SMILES string of the molecule is CCC(Oc1cccc(C)c1)C(=O)NNC(=O)c1ccccc1. The van der Waals surface area contributed by atoms with Crippen LogP contribution in [-0.4, -0.2) is 17.9 Å². The average molecular weight is 312 g/mol. The van der Waals surface area contributed by atoms with E-state index in [0.717, 1.165) is 5.56 Å². The van der Waals surface area contributed by atoms with E-state index in [1.807, 2.05) is 38.1 Å². The molecule has 23 heavy (non-hydrogen) atoms. The number of nitrogens with one attached hydrogen (secondary N) is 2. The highest BCUT2D eigenvalue weighted by Gasteiger charge is 2.19. The van der Waals surface area contributed by atoms with Crippen molar-refractivity contribution < 1.29 is 14.3 Å². The second-order valence-corrected chi connectivity index (χ2v) is 5.14. The van der Waals surface area contributed by atoms with E-state index in [0.29, 0.717) is 17.7 Å². The zero-order chi connectivity index (χ0) is 16.7. The molecule has 0 spiro atoms. The number of carbonyl (C=O) groups excluding carboxylic acids is 2. The summed E-state index contributed by atoms with van der Waals surface area (Å²) in [7, 11) is 0. The van der Waals surface area contributed by atoms with Gasteiger partial charge < -0.3 is 4.74 Å². The molecule has 0 aliphatic rings. The van der Waals surface area contributed by atoms with Gasteiger partial charge in [-0.2, -0.15) is 0 Å². The Hall–Kier alpha value is -2.82. The normalized spacial score (nSPS) is 11.4. The monoisotopic (exact) mass is 312 g/mol. The predicted molar refractivity (Wildman–Crippen MR) is 87.9 cm³/mol. The highest BCUT2D eigenvalue weighted by molar-refractivity contribution is 5.95. The van der Waals surface area contributed by atoms with Gasteiger partial charge in [-0.05, 0) is 43.2 Å². The van der Waals surface area contributed by atoms with Crippen molar-refractivity contribution in [1.82, 2.24) is 10.9 Å². The standard InChI is InChI=1S/C18H20N2O3/c1-3-16(23-15-11-7-8-13(2)12-15)18(22)20-19-17(21)14-9-5-4-6-10-14/h4-12,16H,3H2,1-2H3,(H,19,21)(H,20,22). The van der Waals surface area contributed by atoms with E-state index in [4.69, 9.17) is 4.74 Å². The number of hydrazine groups is 1. The molecule has 2 aromatic rings. The highest BCUT2D eigenvalue weighted by atomic mass is 16.5. The minimum atomic E-state index is -0.673. The molecule has 2 N–H and O–H groups in total. The lowest BCUT2D eigenvalue weighted by Crippen LogP contribution is -2.47. The largest absolute Gasteiger partial charge is 0.481 e. The van der Waals surface area contributed by atoms with Crippen molar-refractivity contribution in [3.8, 4) is 5.75 Å². The summed E-state index contributed by atoms with van der Waals surface area (Å²) < 4.78 is 5.68. The predicted octanol–water partition coefficient (Wildman–Crippen LogP) is 2.61. The number of carbonyl (C=O) groups is 2. The number of benzene rings is 2. The van der Waals surface area contributed by atoms with Gasteiger partial charge in [0.2, 0.25) is 0 Å². The first-order valence-corrected chi connectivity index (χ1v) is 7.48. The summed E-state index contributed by atoms with van der Waals surface area (Å²) in [5.41, 5.74) is 6.32. The summed E-state index contributed by atoms with van der Waals surface area (Å²) in [4.78, 5) is 24.0. The molecule has 5 heteroatoms. The van der Waals surface area contributed by atoms with Gasteiger partial charge in [-0.15, -0.1) is 0 Å². The third kappa shape index (κ3) is 4.85. The number of amides is 2. The molecule has 0 aromatic heterocycles. The van der Waals surface area contributed by atoms with Crippen LogP contribution in [0.3, 0.4) is 0 Å². The molecule has 2 aromatic carbocycles. The first-order valence-electron chi connectivity index (χ1n) is 7.48. The summed E-state index contributed by atoms with van der Waals surface area (Å²) in [5, 5.41) is 0. The maximum Gasteiger partial charge on any atom is 0.279 e. The summed E-state index contributed by atoms with van der Waals surface area (Å²) in [6.45, 7) is 3.80. The minimum absolute atomic E-state index is 0.371. The van der Waals surface area contributed by atoms with Crippen LogP contribution in [0.4, 0.5) is 0 Å². The van der Waals surface area contributed by atoms with E-state index in [1.165, 1.54) is 0 Å². The van der Waals surface area contributed by atoms with E-state index < -0.39 is 12.0 Å². The van der Waals surface area contributed by atoms with Crippen LogP contribution in [0.25, 0.3) is 0 Å². The van der Waals surface area contributed by atoms with E-state index in [2.05, 4.69) is 10.9 Å². The molecule has 120 valence electrons. The lowest BCUT2D eigenvalue weighted by Gasteiger charge is -2.17. The minimum Gasteiger partial charge on any atom is -0.481 e. The van der Waals surface area contributed by atoms with E-state index in [1.54, 1.807) is 30.3 Å².